The molecular weight excluding hydrogens is 218 g/mol. The number of ether oxygens (including phenoxy) is 1. The van der Waals surface area contributed by atoms with Crippen molar-refractivity contribution in [3.8, 4) is 0 Å². The first-order chi connectivity index (χ1) is 8.38. The lowest BCUT2D eigenvalue weighted by Crippen LogP contribution is -2.42. The molecule has 0 aromatic carbocycles. The summed E-state index contributed by atoms with van der Waals surface area (Å²) in [5.41, 5.74) is 0. The molecule has 1 aliphatic heterocycles. The summed E-state index contributed by atoms with van der Waals surface area (Å²) in [5, 5.41) is 9.62. The predicted octanol–water partition coefficient (Wildman–Crippen LogP) is 0.309. The molecule has 3 N–H and O–H groups in total. The number of morpholine rings is 1. The first-order valence-corrected chi connectivity index (χ1v) is 6.01. The van der Waals surface area contributed by atoms with Gasteiger partial charge >= 0.3 is 0 Å². The Balaban J connectivity index is 1.83. The molecule has 2 heterocycles. The molecule has 1 atom stereocenters. The van der Waals surface area contributed by atoms with Gasteiger partial charge in [0.2, 0.25) is 5.95 Å². The van der Waals surface area contributed by atoms with Crippen molar-refractivity contribution in [2.24, 2.45) is 0 Å². The molecule has 94 valence electrons. The number of hydrogen-bond donors (Lipinski definition) is 3. The summed E-state index contributed by atoms with van der Waals surface area (Å²) in [6.45, 7) is 6.19. The molecule has 0 amide bonds. The van der Waals surface area contributed by atoms with Gasteiger partial charge in [-0.2, -0.15) is 4.98 Å². The van der Waals surface area contributed by atoms with Crippen LogP contribution in [0, 0.1) is 0 Å². The van der Waals surface area contributed by atoms with Gasteiger partial charge in [0, 0.05) is 32.4 Å². The molecule has 17 heavy (non-hydrogen) atoms. The fraction of sp³-hybridized carbons (Fsp3) is 0.636. The third-order valence-electron chi connectivity index (χ3n) is 2.51. The summed E-state index contributed by atoms with van der Waals surface area (Å²) in [4.78, 5) is 8.51. The Labute approximate surface area is 101 Å². The van der Waals surface area contributed by atoms with Crippen molar-refractivity contribution in [3.63, 3.8) is 0 Å². The molecule has 0 bridgehead atoms. The molecule has 1 aromatic heterocycles. The molecule has 2 rings (SSSR count). The van der Waals surface area contributed by atoms with E-state index >= 15 is 0 Å². The topological polar surface area (TPSA) is 71.1 Å². The van der Waals surface area contributed by atoms with Crippen LogP contribution in [0.15, 0.2) is 12.3 Å². The smallest absolute Gasteiger partial charge is 0.224 e. The number of anilines is 2. The minimum absolute atomic E-state index is 0.190. The summed E-state index contributed by atoms with van der Waals surface area (Å²) in [5.74, 6) is 1.48. The van der Waals surface area contributed by atoms with Crippen LogP contribution >= 0.6 is 0 Å². The minimum atomic E-state index is 0.190. The lowest BCUT2D eigenvalue weighted by molar-refractivity contribution is 0.0371. The molecule has 1 aliphatic rings. The van der Waals surface area contributed by atoms with Crippen molar-refractivity contribution in [2.45, 2.75) is 13.0 Å². The Morgan fingerprint density at radius 2 is 2.47 bits per heavy atom. The van der Waals surface area contributed by atoms with Gasteiger partial charge in [0.15, 0.2) is 0 Å². The van der Waals surface area contributed by atoms with Crippen molar-refractivity contribution < 1.29 is 4.74 Å². The van der Waals surface area contributed by atoms with Crippen molar-refractivity contribution in [3.05, 3.63) is 12.3 Å². The molecule has 0 radical (unpaired) electrons. The van der Waals surface area contributed by atoms with E-state index in [0.717, 1.165) is 38.6 Å². The highest BCUT2D eigenvalue weighted by atomic mass is 16.5. The second kappa shape index (κ2) is 6.36. The second-order valence-electron chi connectivity index (χ2n) is 3.87. The zero-order chi connectivity index (χ0) is 11.9. The van der Waals surface area contributed by atoms with E-state index in [9.17, 15) is 0 Å². The Hall–Kier alpha value is -1.40. The third kappa shape index (κ3) is 3.83. The number of aromatic nitrogens is 2. The zero-order valence-electron chi connectivity index (χ0n) is 10.1. The van der Waals surface area contributed by atoms with Gasteiger partial charge in [0.05, 0.1) is 12.7 Å². The number of rotatable bonds is 5. The molecule has 1 fully saturated rings. The fourth-order valence-corrected chi connectivity index (χ4v) is 1.68. The van der Waals surface area contributed by atoms with Gasteiger partial charge in [-0.1, -0.05) is 0 Å². The summed E-state index contributed by atoms with van der Waals surface area (Å²) in [7, 11) is 0. The van der Waals surface area contributed by atoms with Crippen molar-refractivity contribution >= 4 is 11.8 Å². The zero-order valence-corrected chi connectivity index (χ0v) is 10.1. The first-order valence-electron chi connectivity index (χ1n) is 6.01. The SMILES string of the molecule is CCNc1ccnc(NC[C@@H]2CNCCO2)n1. The quantitative estimate of drug-likeness (QED) is 0.684. The van der Waals surface area contributed by atoms with E-state index in [4.69, 9.17) is 4.74 Å². The monoisotopic (exact) mass is 237 g/mol. The number of nitrogens with one attached hydrogen (secondary N) is 3. The maximum Gasteiger partial charge on any atom is 0.224 e. The summed E-state index contributed by atoms with van der Waals surface area (Å²) in [6.07, 6.45) is 1.93. The van der Waals surface area contributed by atoms with E-state index in [1.165, 1.54) is 0 Å². The number of hydrogen-bond acceptors (Lipinski definition) is 6. The standard InChI is InChI=1S/C11H19N5O/c1-2-13-10-3-4-14-11(16-10)15-8-9-7-12-5-6-17-9/h3-4,9,12H,2,5-8H2,1H3,(H2,13,14,15,16)/t9-/m0/s1. The summed E-state index contributed by atoms with van der Waals surface area (Å²) >= 11 is 0. The summed E-state index contributed by atoms with van der Waals surface area (Å²) < 4.78 is 5.58. The van der Waals surface area contributed by atoms with Gasteiger partial charge in [-0.25, -0.2) is 4.98 Å². The highest BCUT2D eigenvalue weighted by Gasteiger charge is 2.13. The average molecular weight is 237 g/mol. The van der Waals surface area contributed by atoms with Gasteiger partial charge < -0.3 is 20.7 Å². The van der Waals surface area contributed by atoms with E-state index in [2.05, 4.69) is 25.9 Å². The Bertz CT molecular complexity index is 340. The van der Waals surface area contributed by atoms with Crippen molar-refractivity contribution in [2.75, 3.05) is 43.4 Å². The van der Waals surface area contributed by atoms with E-state index in [0.29, 0.717) is 5.95 Å². The number of nitrogens with zero attached hydrogens (tertiary/aromatic N) is 2. The molecular formula is C11H19N5O. The Morgan fingerprint density at radius 3 is 3.24 bits per heavy atom. The van der Waals surface area contributed by atoms with Crippen LogP contribution < -0.4 is 16.0 Å². The van der Waals surface area contributed by atoms with Crippen LogP contribution in [0.1, 0.15) is 6.92 Å². The van der Waals surface area contributed by atoms with Gasteiger partial charge in [0.1, 0.15) is 5.82 Å². The van der Waals surface area contributed by atoms with Crippen LogP contribution in [-0.2, 0) is 4.74 Å². The molecule has 0 unspecified atom stereocenters. The van der Waals surface area contributed by atoms with E-state index in [1.807, 2.05) is 13.0 Å². The van der Waals surface area contributed by atoms with Crippen LogP contribution in [0.25, 0.3) is 0 Å². The molecule has 0 saturated carbocycles. The normalized spacial score (nSPS) is 19.9. The molecule has 1 aromatic rings. The van der Waals surface area contributed by atoms with Gasteiger partial charge in [-0.15, -0.1) is 0 Å². The van der Waals surface area contributed by atoms with E-state index in [-0.39, 0.29) is 6.10 Å². The van der Waals surface area contributed by atoms with Gasteiger partial charge in [0.25, 0.3) is 0 Å². The van der Waals surface area contributed by atoms with Crippen LogP contribution in [0.2, 0.25) is 0 Å². The minimum Gasteiger partial charge on any atom is -0.374 e. The Morgan fingerprint density at radius 1 is 1.53 bits per heavy atom. The maximum atomic E-state index is 5.58. The lowest BCUT2D eigenvalue weighted by atomic mass is 10.3. The molecule has 0 aliphatic carbocycles. The average Bonchev–Trinajstić information content (AvgIpc) is 2.39. The van der Waals surface area contributed by atoms with Gasteiger partial charge in [-0.3, -0.25) is 0 Å². The van der Waals surface area contributed by atoms with Crippen molar-refractivity contribution in [1.82, 2.24) is 15.3 Å². The molecule has 0 spiro atoms. The lowest BCUT2D eigenvalue weighted by Gasteiger charge is -2.23. The Kier molecular flexibility index (Phi) is 4.52. The highest BCUT2D eigenvalue weighted by molar-refractivity contribution is 5.39. The van der Waals surface area contributed by atoms with E-state index in [1.54, 1.807) is 6.20 Å². The molecule has 6 heteroatoms. The largest absolute Gasteiger partial charge is 0.374 e. The van der Waals surface area contributed by atoms with Crippen LogP contribution in [0.3, 0.4) is 0 Å². The second-order valence-corrected chi connectivity index (χ2v) is 3.87. The highest BCUT2D eigenvalue weighted by Crippen LogP contribution is 2.06. The third-order valence-corrected chi connectivity index (χ3v) is 2.51. The summed E-state index contributed by atoms with van der Waals surface area (Å²) in [6, 6.07) is 1.85. The fourth-order valence-electron chi connectivity index (χ4n) is 1.68. The first kappa shape index (κ1) is 12.1. The maximum absolute atomic E-state index is 5.58. The van der Waals surface area contributed by atoms with Crippen LogP contribution in [0.4, 0.5) is 11.8 Å². The van der Waals surface area contributed by atoms with Crippen LogP contribution in [0.5, 0.6) is 0 Å². The molecule has 6 nitrogen and oxygen atoms in total. The van der Waals surface area contributed by atoms with Crippen molar-refractivity contribution in [1.29, 1.82) is 0 Å². The predicted molar refractivity (Wildman–Crippen MR) is 67.3 cm³/mol. The van der Waals surface area contributed by atoms with Crippen LogP contribution in [-0.4, -0.2) is 48.9 Å². The molecule has 1 saturated heterocycles. The van der Waals surface area contributed by atoms with E-state index < -0.39 is 0 Å². The van der Waals surface area contributed by atoms with Gasteiger partial charge in [-0.05, 0) is 13.0 Å².